The molecule has 8 heteroatoms. The van der Waals surface area contributed by atoms with Crippen molar-refractivity contribution in [2.24, 2.45) is 46.3 Å². The number of aliphatic hydroxyl groups excluding tert-OH is 3. The van der Waals surface area contributed by atoms with Gasteiger partial charge in [-0.15, -0.1) is 0 Å². The SMILES string of the molecule is C[C@H](CCC(=O)NC(Cc1c[nH]c2ccccc12)C(=O)O)[C@H]1CC[C@H]2[C@@H]3[C@H](O)C[C@@H]4C[C@H](O)CC[C@]4(C)[C@H]3C[C@H](O)[C@]12C. The Kier molecular flexibility index (Phi) is 8.18. The first-order valence-electron chi connectivity index (χ1n) is 16.5. The molecule has 4 saturated carbocycles. The Morgan fingerprint density at radius 1 is 1.05 bits per heavy atom. The van der Waals surface area contributed by atoms with Crippen molar-refractivity contribution in [1.82, 2.24) is 10.3 Å². The van der Waals surface area contributed by atoms with Gasteiger partial charge in [0.25, 0.3) is 0 Å². The van der Waals surface area contributed by atoms with Crippen LogP contribution in [0.15, 0.2) is 30.5 Å². The maximum absolute atomic E-state index is 13.0. The van der Waals surface area contributed by atoms with Crippen molar-refractivity contribution in [3.8, 4) is 0 Å². The van der Waals surface area contributed by atoms with E-state index in [1.807, 2.05) is 30.5 Å². The molecule has 6 rings (SSSR count). The molecule has 43 heavy (non-hydrogen) atoms. The molecule has 2 aromatic rings. The number of aromatic nitrogens is 1. The maximum atomic E-state index is 13.0. The van der Waals surface area contributed by atoms with E-state index in [9.17, 15) is 30.0 Å². The van der Waals surface area contributed by atoms with Crippen LogP contribution in [0, 0.1) is 46.3 Å². The molecule has 6 N–H and O–H groups in total. The lowest BCUT2D eigenvalue weighted by Gasteiger charge is -2.63. The second kappa shape index (κ2) is 11.5. The lowest BCUT2D eigenvalue weighted by molar-refractivity contribution is -0.207. The molecular formula is C35H50N2O6. The van der Waals surface area contributed by atoms with Crippen LogP contribution in [-0.2, 0) is 16.0 Å². The summed E-state index contributed by atoms with van der Waals surface area (Å²) < 4.78 is 0. The van der Waals surface area contributed by atoms with Gasteiger partial charge in [-0.25, -0.2) is 4.79 Å². The Balaban J connectivity index is 1.10. The number of carbonyl (C=O) groups is 2. The Hall–Kier alpha value is -2.42. The highest BCUT2D eigenvalue weighted by Crippen LogP contribution is 2.68. The molecule has 236 valence electrons. The van der Waals surface area contributed by atoms with Gasteiger partial charge >= 0.3 is 5.97 Å². The summed E-state index contributed by atoms with van der Waals surface area (Å²) in [6.07, 6.45) is 7.60. The maximum Gasteiger partial charge on any atom is 0.326 e. The molecule has 1 unspecified atom stereocenters. The number of benzene rings is 1. The third kappa shape index (κ3) is 5.21. The normalized spacial score (nSPS) is 40.2. The molecule has 0 saturated heterocycles. The van der Waals surface area contributed by atoms with Gasteiger partial charge in [-0.05, 0) is 109 Å². The van der Waals surface area contributed by atoms with Crippen LogP contribution in [0.4, 0.5) is 0 Å². The molecule has 1 aromatic carbocycles. The lowest BCUT2D eigenvalue weighted by atomic mass is 9.43. The van der Waals surface area contributed by atoms with Crippen molar-refractivity contribution in [3.63, 3.8) is 0 Å². The minimum Gasteiger partial charge on any atom is -0.480 e. The summed E-state index contributed by atoms with van der Waals surface area (Å²) in [5.41, 5.74) is 1.52. The van der Waals surface area contributed by atoms with Crippen LogP contribution in [0.1, 0.15) is 84.1 Å². The number of hydrogen-bond acceptors (Lipinski definition) is 5. The Morgan fingerprint density at radius 2 is 1.81 bits per heavy atom. The van der Waals surface area contributed by atoms with Crippen molar-refractivity contribution < 1.29 is 30.0 Å². The lowest BCUT2D eigenvalue weighted by Crippen LogP contribution is -2.62. The second-order valence-corrected chi connectivity index (χ2v) is 15.1. The van der Waals surface area contributed by atoms with Gasteiger partial charge in [0.2, 0.25) is 5.91 Å². The number of nitrogens with one attached hydrogen (secondary N) is 2. The van der Waals surface area contributed by atoms with E-state index < -0.39 is 24.2 Å². The van der Waals surface area contributed by atoms with Crippen LogP contribution in [0.5, 0.6) is 0 Å². The smallest absolute Gasteiger partial charge is 0.326 e. The number of rotatable bonds is 8. The largest absolute Gasteiger partial charge is 0.480 e. The minimum atomic E-state index is -1.05. The Morgan fingerprint density at radius 3 is 2.58 bits per heavy atom. The number of H-pyrrole nitrogens is 1. The first-order chi connectivity index (χ1) is 20.4. The van der Waals surface area contributed by atoms with Gasteiger partial charge in [0.1, 0.15) is 6.04 Å². The quantitative estimate of drug-likeness (QED) is 0.263. The number of carboxylic acids is 1. The van der Waals surface area contributed by atoms with Gasteiger partial charge in [-0.3, -0.25) is 4.79 Å². The zero-order valence-corrected chi connectivity index (χ0v) is 25.8. The zero-order chi connectivity index (χ0) is 30.7. The second-order valence-electron chi connectivity index (χ2n) is 15.1. The van der Waals surface area contributed by atoms with Gasteiger partial charge in [0, 0.05) is 29.9 Å². The third-order valence-electron chi connectivity index (χ3n) is 13.1. The summed E-state index contributed by atoms with van der Waals surface area (Å²) in [7, 11) is 0. The van der Waals surface area contributed by atoms with E-state index in [-0.39, 0.29) is 65.3 Å². The van der Waals surface area contributed by atoms with Crippen LogP contribution in [-0.4, -0.2) is 61.6 Å². The predicted molar refractivity (Wildman–Crippen MR) is 164 cm³/mol. The summed E-state index contributed by atoms with van der Waals surface area (Å²) in [5.74, 6) is 0.0414. The molecule has 12 atom stereocenters. The van der Waals surface area contributed by atoms with E-state index in [2.05, 4.69) is 31.1 Å². The van der Waals surface area contributed by atoms with Crippen LogP contribution >= 0.6 is 0 Å². The van der Waals surface area contributed by atoms with E-state index >= 15 is 0 Å². The number of aromatic amines is 1. The van der Waals surface area contributed by atoms with Gasteiger partial charge in [-0.2, -0.15) is 0 Å². The number of carboxylic acid groups (broad SMARTS) is 1. The number of para-hydroxylation sites is 1. The summed E-state index contributed by atoms with van der Waals surface area (Å²) in [5, 5.41) is 47.3. The van der Waals surface area contributed by atoms with Crippen LogP contribution in [0.3, 0.4) is 0 Å². The van der Waals surface area contributed by atoms with Crippen LogP contribution in [0.25, 0.3) is 10.9 Å². The highest BCUT2D eigenvalue weighted by Gasteiger charge is 2.65. The number of hydrogen-bond donors (Lipinski definition) is 6. The van der Waals surface area contributed by atoms with Gasteiger partial charge in [0.05, 0.1) is 18.3 Å². The molecule has 8 nitrogen and oxygen atoms in total. The van der Waals surface area contributed by atoms with Crippen LogP contribution in [0.2, 0.25) is 0 Å². The molecular weight excluding hydrogens is 544 g/mol. The summed E-state index contributed by atoms with van der Waals surface area (Å²) in [6, 6.07) is 6.73. The molecule has 0 aliphatic heterocycles. The summed E-state index contributed by atoms with van der Waals surface area (Å²) >= 11 is 0. The predicted octanol–water partition coefficient (Wildman–Crippen LogP) is 4.66. The molecule has 0 radical (unpaired) electrons. The molecule has 0 bridgehead atoms. The van der Waals surface area contributed by atoms with Crippen LogP contribution < -0.4 is 5.32 Å². The minimum absolute atomic E-state index is 0.0423. The van der Waals surface area contributed by atoms with Crippen molar-refractivity contribution in [3.05, 3.63) is 36.0 Å². The zero-order valence-electron chi connectivity index (χ0n) is 25.8. The molecule has 4 fully saturated rings. The fourth-order valence-corrected chi connectivity index (χ4v) is 10.7. The standard InChI is InChI=1S/C35H50N2O6/c1-19(8-11-31(41)37-28(33(42)43)14-20-18-36-27-7-5-4-6-23(20)27)24-9-10-25-32-26(17-30(40)35(24,25)3)34(2)13-12-22(38)15-21(34)16-29(32)39/h4-7,18-19,21-22,24-26,28-30,32,36,38-40H,8-17H2,1-3H3,(H,37,41)(H,42,43)/t19-,21+,22-,24-,25+,26+,28?,29-,30+,32+,34+,35-/m1/s1. The number of aliphatic hydroxyl groups is 3. The van der Waals surface area contributed by atoms with E-state index in [1.165, 1.54) is 0 Å². The summed E-state index contributed by atoms with van der Waals surface area (Å²) in [6.45, 7) is 6.74. The molecule has 4 aliphatic rings. The van der Waals surface area contributed by atoms with Crippen molar-refractivity contribution in [2.45, 2.75) is 109 Å². The average Bonchev–Trinajstić information content (AvgIpc) is 3.54. The highest BCUT2D eigenvalue weighted by molar-refractivity contribution is 5.86. The van der Waals surface area contributed by atoms with Crippen molar-refractivity contribution in [2.75, 3.05) is 0 Å². The highest BCUT2D eigenvalue weighted by atomic mass is 16.4. The van der Waals surface area contributed by atoms with Gasteiger partial charge < -0.3 is 30.7 Å². The number of fused-ring (bicyclic) bond motifs is 6. The molecule has 1 aromatic heterocycles. The van der Waals surface area contributed by atoms with E-state index in [4.69, 9.17) is 0 Å². The van der Waals surface area contributed by atoms with E-state index in [0.717, 1.165) is 55.0 Å². The monoisotopic (exact) mass is 594 g/mol. The molecule has 4 aliphatic carbocycles. The van der Waals surface area contributed by atoms with Crippen molar-refractivity contribution in [1.29, 1.82) is 0 Å². The molecule has 0 spiro atoms. The van der Waals surface area contributed by atoms with E-state index in [1.54, 1.807) is 0 Å². The third-order valence-corrected chi connectivity index (χ3v) is 13.1. The topological polar surface area (TPSA) is 143 Å². The first kappa shape index (κ1) is 30.6. The van der Waals surface area contributed by atoms with E-state index in [0.29, 0.717) is 18.8 Å². The fourth-order valence-electron chi connectivity index (χ4n) is 10.7. The number of aliphatic carboxylic acids is 1. The number of carbonyl (C=O) groups excluding carboxylic acids is 1. The Labute approximate surface area is 254 Å². The van der Waals surface area contributed by atoms with Gasteiger partial charge in [0.15, 0.2) is 0 Å². The molecule has 1 heterocycles. The van der Waals surface area contributed by atoms with Gasteiger partial charge in [-0.1, -0.05) is 39.0 Å². The average molecular weight is 595 g/mol. The first-order valence-corrected chi connectivity index (χ1v) is 16.5. The fraction of sp³-hybridized carbons (Fsp3) is 0.714. The Bertz CT molecular complexity index is 1340. The van der Waals surface area contributed by atoms with Crippen molar-refractivity contribution >= 4 is 22.8 Å². The number of amides is 1. The molecule has 1 amide bonds. The summed E-state index contributed by atoms with van der Waals surface area (Å²) in [4.78, 5) is 28.3.